The van der Waals surface area contributed by atoms with Gasteiger partial charge in [-0.25, -0.2) is 13.2 Å². The Bertz CT molecular complexity index is 848. The van der Waals surface area contributed by atoms with Crippen LogP contribution in [0, 0.1) is 17.5 Å². The fourth-order valence-electron chi connectivity index (χ4n) is 4.19. The molecule has 2 aromatic rings. The number of methoxy groups -OCH3 is 2. The number of hydrogen-bond acceptors (Lipinski definition) is 3. The molecule has 0 heterocycles. The Hall–Kier alpha value is -1.89. The van der Waals surface area contributed by atoms with Crippen LogP contribution in [0.1, 0.15) is 77.2 Å². The highest BCUT2D eigenvalue weighted by atomic mass is 19.2. The molecule has 0 aliphatic heterocycles. The summed E-state index contributed by atoms with van der Waals surface area (Å²) < 4.78 is 58.9. The molecule has 0 amide bonds. The number of hydrogen-bond donors (Lipinski definition) is 0. The fourth-order valence-corrected chi connectivity index (χ4v) is 4.19. The van der Waals surface area contributed by atoms with Crippen molar-refractivity contribution in [2.45, 2.75) is 83.7 Å². The van der Waals surface area contributed by atoms with E-state index in [1.807, 2.05) is 26.0 Å². The number of unbranched alkanes of at least 4 members (excludes halogenated alkanes) is 5. The highest BCUT2D eigenvalue weighted by molar-refractivity contribution is 5.64. The van der Waals surface area contributed by atoms with Gasteiger partial charge in [0.05, 0.1) is 12.0 Å². The maximum absolute atomic E-state index is 14.2. The predicted octanol–water partition coefficient (Wildman–Crippen LogP) is 7.98. The molecule has 0 spiro atoms. The Balaban J connectivity index is 2.32. The van der Waals surface area contributed by atoms with Gasteiger partial charge in [0.2, 0.25) is 0 Å². The van der Waals surface area contributed by atoms with Gasteiger partial charge in [-0.15, -0.1) is 0 Å². The molecule has 0 N–H and O–H groups in total. The number of halogens is 3. The zero-order chi connectivity index (χ0) is 24.4. The lowest BCUT2D eigenvalue weighted by Crippen LogP contribution is -2.45. The SMILES string of the molecule is CCCCCCCCC(c1ccc(-c2cc(F)c(F)cc2F)cc1)C(OC)(OC)OC(C)C. The summed E-state index contributed by atoms with van der Waals surface area (Å²) in [5.74, 6) is -4.60. The minimum absolute atomic E-state index is 0.0103. The van der Waals surface area contributed by atoms with Gasteiger partial charge < -0.3 is 14.2 Å². The van der Waals surface area contributed by atoms with Crippen molar-refractivity contribution in [3.8, 4) is 11.1 Å². The smallest absolute Gasteiger partial charge is 0.289 e. The van der Waals surface area contributed by atoms with Crippen molar-refractivity contribution in [2.24, 2.45) is 0 Å². The standard InChI is InChI=1S/C27H37F3O3/c1-6-7-8-9-10-11-12-23(27(31-4,32-5)33-19(2)3)21-15-13-20(14-16-21)22-17-25(29)26(30)18-24(22)28/h13-19,23H,6-12H2,1-5H3. The van der Waals surface area contributed by atoms with Crippen molar-refractivity contribution in [1.29, 1.82) is 0 Å². The third-order valence-electron chi connectivity index (χ3n) is 5.88. The third kappa shape index (κ3) is 7.29. The van der Waals surface area contributed by atoms with Crippen molar-refractivity contribution >= 4 is 0 Å². The Morgan fingerprint density at radius 1 is 0.788 bits per heavy atom. The Kier molecular flexibility index (Phi) is 10.9. The van der Waals surface area contributed by atoms with Crippen LogP contribution in [0.15, 0.2) is 36.4 Å². The molecule has 1 unspecified atom stereocenters. The van der Waals surface area contributed by atoms with Crippen molar-refractivity contribution < 1.29 is 27.4 Å². The van der Waals surface area contributed by atoms with Crippen LogP contribution in [0.25, 0.3) is 11.1 Å². The number of benzene rings is 2. The van der Waals surface area contributed by atoms with Gasteiger partial charge in [0.15, 0.2) is 11.6 Å². The van der Waals surface area contributed by atoms with E-state index in [0.29, 0.717) is 11.6 Å². The summed E-state index contributed by atoms with van der Waals surface area (Å²) in [6.45, 7) is 6.04. The fraction of sp³-hybridized carbons (Fsp3) is 0.556. The summed E-state index contributed by atoms with van der Waals surface area (Å²) in [5.41, 5.74) is 1.37. The normalized spacial score (nSPS) is 13.0. The molecule has 33 heavy (non-hydrogen) atoms. The van der Waals surface area contributed by atoms with E-state index in [4.69, 9.17) is 14.2 Å². The summed E-state index contributed by atoms with van der Waals surface area (Å²) >= 11 is 0. The second kappa shape index (κ2) is 13.1. The summed E-state index contributed by atoms with van der Waals surface area (Å²) in [7, 11) is 3.12. The van der Waals surface area contributed by atoms with Crippen molar-refractivity contribution in [3.05, 3.63) is 59.4 Å². The lowest BCUT2D eigenvalue weighted by atomic mass is 9.89. The van der Waals surface area contributed by atoms with Gasteiger partial charge in [0.1, 0.15) is 5.82 Å². The Morgan fingerprint density at radius 3 is 1.94 bits per heavy atom. The molecule has 0 aliphatic rings. The molecule has 3 nitrogen and oxygen atoms in total. The first-order valence-corrected chi connectivity index (χ1v) is 11.8. The third-order valence-corrected chi connectivity index (χ3v) is 5.88. The van der Waals surface area contributed by atoms with Gasteiger partial charge in [-0.05, 0) is 37.5 Å². The quantitative estimate of drug-likeness (QED) is 0.160. The highest BCUT2D eigenvalue weighted by Gasteiger charge is 2.42. The van der Waals surface area contributed by atoms with Crippen LogP contribution in [-0.2, 0) is 14.2 Å². The largest absolute Gasteiger partial charge is 0.330 e. The summed E-state index contributed by atoms with van der Waals surface area (Å²) in [6, 6.07) is 8.53. The molecule has 0 bridgehead atoms. The molecule has 0 fully saturated rings. The second-order valence-electron chi connectivity index (χ2n) is 8.66. The van der Waals surface area contributed by atoms with Gasteiger partial charge in [0, 0.05) is 25.8 Å². The first kappa shape index (κ1) is 27.4. The van der Waals surface area contributed by atoms with Crippen LogP contribution in [-0.4, -0.2) is 26.3 Å². The molecular weight excluding hydrogens is 429 g/mol. The first-order valence-electron chi connectivity index (χ1n) is 11.8. The molecule has 184 valence electrons. The highest BCUT2D eigenvalue weighted by Crippen LogP contribution is 2.39. The molecule has 0 saturated carbocycles. The van der Waals surface area contributed by atoms with E-state index in [2.05, 4.69) is 6.92 Å². The lowest BCUT2D eigenvalue weighted by molar-refractivity contribution is -0.385. The van der Waals surface area contributed by atoms with Crippen LogP contribution >= 0.6 is 0 Å². The molecule has 0 radical (unpaired) electrons. The minimum Gasteiger partial charge on any atom is -0.330 e. The average Bonchev–Trinajstić information content (AvgIpc) is 2.80. The van der Waals surface area contributed by atoms with E-state index < -0.39 is 23.4 Å². The van der Waals surface area contributed by atoms with Crippen molar-refractivity contribution in [1.82, 2.24) is 0 Å². The molecule has 0 aliphatic carbocycles. The summed E-state index contributed by atoms with van der Waals surface area (Å²) in [4.78, 5) is 0. The minimum atomic E-state index is -1.27. The van der Waals surface area contributed by atoms with E-state index >= 15 is 0 Å². The van der Waals surface area contributed by atoms with Crippen LogP contribution in [0.3, 0.4) is 0 Å². The van der Waals surface area contributed by atoms with Gasteiger partial charge >= 0.3 is 0 Å². The van der Waals surface area contributed by atoms with Crippen molar-refractivity contribution in [3.63, 3.8) is 0 Å². The summed E-state index contributed by atoms with van der Waals surface area (Å²) in [5, 5.41) is 0. The molecule has 1 atom stereocenters. The molecule has 2 aromatic carbocycles. The van der Waals surface area contributed by atoms with Gasteiger partial charge in [-0.2, -0.15) is 0 Å². The maximum Gasteiger partial charge on any atom is 0.289 e. The number of ether oxygens (including phenoxy) is 3. The lowest BCUT2D eigenvalue weighted by Gasteiger charge is -2.39. The Labute approximate surface area is 196 Å². The van der Waals surface area contributed by atoms with E-state index in [1.54, 1.807) is 26.4 Å². The number of rotatable bonds is 14. The monoisotopic (exact) mass is 466 g/mol. The molecule has 6 heteroatoms. The molecule has 2 rings (SSSR count). The zero-order valence-electron chi connectivity index (χ0n) is 20.4. The second-order valence-corrected chi connectivity index (χ2v) is 8.66. The average molecular weight is 467 g/mol. The summed E-state index contributed by atoms with van der Waals surface area (Å²) in [6.07, 6.45) is 7.55. The zero-order valence-corrected chi connectivity index (χ0v) is 20.4. The van der Waals surface area contributed by atoms with Crippen LogP contribution < -0.4 is 0 Å². The van der Waals surface area contributed by atoms with Gasteiger partial charge in [0.25, 0.3) is 5.97 Å². The topological polar surface area (TPSA) is 27.7 Å². The van der Waals surface area contributed by atoms with E-state index in [-0.39, 0.29) is 17.6 Å². The van der Waals surface area contributed by atoms with Crippen LogP contribution in [0.2, 0.25) is 0 Å². The van der Waals surface area contributed by atoms with E-state index in [1.165, 1.54) is 25.7 Å². The van der Waals surface area contributed by atoms with Crippen LogP contribution in [0.5, 0.6) is 0 Å². The maximum atomic E-state index is 14.2. The van der Waals surface area contributed by atoms with E-state index in [0.717, 1.165) is 30.9 Å². The molecule has 0 aromatic heterocycles. The van der Waals surface area contributed by atoms with E-state index in [9.17, 15) is 13.2 Å². The Morgan fingerprint density at radius 2 is 1.36 bits per heavy atom. The van der Waals surface area contributed by atoms with Crippen molar-refractivity contribution in [2.75, 3.05) is 14.2 Å². The van der Waals surface area contributed by atoms with Gasteiger partial charge in [-0.3, -0.25) is 0 Å². The van der Waals surface area contributed by atoms with Crippen LogP contribution in [0.4, 0.5) is 13.2 Å². The predicted molar refractivity (Wildman–Crippen MR) is 125 cm³/mol. The molecular formula is C27H37F3O3. The van der Waals surface area contributed by atoms with Gasteiger partial charge in [-0.1, -0.05) is 69.7 Å². The molecule has 0 saturated heterocycles. The first-order chi connectivity index (χ1) is 15.8.